The van der Waals surface area contributed by atoms with Crippen LogP contribution in [0.2, 0.25) is 0 Å². The van der Waals surface area contributed by atoms with Crippen LogP contribution in [0.25, 0.3) is 0 Å². The SMILES string of the molecule is CCC1(CO)COC(O)(C(C)(C)C)OC1. The van der Waals surface area contributed by atoms with Crippen LogP contribution >= 0.6 is 0 Å². The van der Waals surface area contributed by atoms with E-state index in [2.05, 4.69) is 0 Å². The minimum absolute atomic E-state index is 0.0176. The van der Waals surface area contributed by atoms with E-state index < -0.39 is 11.4 Å². The molecular weight excluding hydrogens is 196 g/mol. The fraction of sp³-hybridized carbons (Fsp3) is 1.00. The molecule has 0 aromatic rings. The Hall–Kier alpha value is -0.160. The van der Waals surface area contributed by atoms with Crippen LogP contribution in [0.4, 0.5) is 0 Å². The Bertz CT molecular complexity index is 205. The number of ether oxygens (including phenoxy) is 2. The number of aliphatic hydroxyl groups is 2. The fourth-order valence-electron chi connectivity index (χ4n) is 1.43. The van der Waals surface area contributed by atoms with Crippen molar-refractivity contribution in [2.75, 3.05) is 19.8 Å². The third-order valence-electron chi connectivity index (χ3n) is 3.18. The first kappa shape index (κ1) is 12.9. The summed E-state index contributed by atoms with van der Waals surface area (Å²) in [6.45, 7) is 8.20. The van der Waals surface area contributed by atoms with Crippen molar-refractivity contribution in [3.05, 3.63) is 0 Å². The van der Waals surface area contributed by atoms with Crippen molar-refractivity contribution in [2.45, 2.75) is 40.1 Å². The van der Waals surface area contributed by atoms with Crippen molar-refractivity contribution >= 4 is 0 Å². The van der Waals surface area contributed by atoms with Crippen LogP contribution in [-0.4, -0.2) is 36.0 Å². The largest absolute Gasteiger partial charge is 0.396 e. The molecule has 0 amide bonds. The second kappa shape index (κ2) is 4.01. The van der Waals surface area contributed by atoms with Crippen LogP contribution in [-0.2, 0) is 9.47 Å². The van der Waals surface area contributed by atoms with Crippen LogP contribution < -0.4 is 0 Å². The molecular formula is C11H22O4. The lowest BCUT2D eigenvalue weighted by Crippen LogP contribution is -2.57. The Balaban J connectivity index is 2.70. The highest BCUT2D eigenvalue weighted by molar-refractivity contribution is 4.85. The molecule has 1 heterocycles. The van der Waals surface area contributed by atoms with Crippen LogP contribution in [0.15, 0.2) is 0 Å². The lowest BCUT2D eigenvalue weighted by Gasteiger charge is -2.47. The Morgan fingerprint density at radius 1 is 1.20 bits per heavy atom. The van der Waals surface area contributed by atoms with Crippen LogP contribution in [0.1, 0.15) is 34.1 Å². The van der Waals surface area contributed by atoms with Gasteiger partial charge in [-0.1, -0.05) is 27.7 Å². The van der Waals surface area contributed by atoms with Crippen molar-refractivity contribution in [3.8, 4) is 0 Å². The average Bonchev–Trinajstić information content (AvgIpc) is 2.18. The van der Waals surface area contributed by atoms with E-state index in [1.807, 2.05) is 27.7 Å². The lowest BCUT2D eigenvalue weighted by atomic mass is 9.85. The molecule has 4 heteroatoms. The van der Waals surface area contributed by atoms with Gasteiger partial charge in [-0.3, -0.25) is 0 Å². The van der Waals surface area contributed by atoms with Gasteiger partial charge in [0.1, 0.15) is 0 Å². The highest BCUT2D eigenvalue weighted by atomic mass is 16.8. The molecule has 0 radical (unpaired) electrons. The molecule has 2 N–H and O–H groups in total. The van der Waals surface area contributed by atoms with E-state index in [0.29, 0.717) is 13.2 Å². The zero-order chi connectivity index (χ0) is 11.7. The van der Waals surface area contributed by atoms with Gasteiger partial charge in [0.15, 0.2) is 0 Å². The lowest BCUT2D eigenvalue weighted by molar-refractivity contribution is -0.443. The zero-order valence-electron chi connectivity index (χ0n) is 10.0. The Labute approximate surface area is 91.2 Å². The quantitative estimate of drug-likeness (QED) is 0.729. The first-order valence-corrected chi connectivity index (χ1v) is 5.40. The molecule has 1 aliphatic heterocycles. The molecule has 90 valence electrons. The summed E-state index contributed by atoms with van der Waals surface area (Å²) in [4.78, 5) is 0. The van der Waals surface area contributed by atoms with Gasteiger partial charge in [0.05, 0.1) is 19.8 Å². The van der Waals surface area contributed by atoms with Gasteiger partial charge in [-0.15, -0.1) is 0 Å². The molecule has 15 heavy (non-hydrogen) atoms. The van der Waals surface area contributed by atoms with Gasteiger partial charge in [0, 0.05) is 10.8 Å². The maximum absolute atomic E-state index is 10.1. The molecule has 0 bridgehead atoms. The molecule has 1 rings (SSSR count). The van der Waals surface area contributed by atoms with Crippen molar-refractivity contribution in [2.24, 2.45) is 10.8 Å². The average molecular weight is 218 g/mol. The summed E-state index contributed by atoms with van der Waals surface area (Å²) in [6, 6.07) is 0. The minimum atomic E-state index is -1.54. The summed E-state index contributed by atoms with van der Waals surface area (Å²) in [5.41, 5.74) is -0.861. The van der Waals surface area contributed by atoms with Crippen molar-refractivity contribution < 1.29 is 19.7 Å². The molecule has 0 aromatic carbocycles. The third kappa shape index (κ3) is 2.33. The smallest absolute Gasteiger partial charge is 0.285 e. The summed E-state index contributed by atoms with van der Waals surface area (Å²) < 4.78 is 10.8. The second-order valence-corrected chi connectivity index (χ2v) is 5.42. The summed E-state index contributed by atoms with van der Waals surface area (Å²) in [5.74, 6) is -1.54. The van der Waals surface area contributed by atoms with Crippen LogP contribution in [0.3, 0.4) is 0 Å². The van der Waals surface area contributed by atoms with E-state index in [1.54, 1.807) is 0 Å². The van der Waals surface area contributed by atoms with E-state index in [1.165, 1.54) is 0 Å². The maximum Gasteiger partial charge on any atom is 0.285 e. The van der Waals surface area contributed by atoms with E-state index >= 15 is 0 Å². The number of hydrogen-bond acceptors (Lipinski definition) is 4. The molecule has 0 atom stereocenters. The molecule has 1 fully saturated rings. The molecule has 0 unspecified atom stereocenters. The molecule has 0 aromatic heterocycles. The Morgan fingerprint density at radius 3 is 1.93 bits per heavy atom. The van der Waals surface area contributed by atoms with Gasteiger partial charge >= 0.3 is 0 Å². The van der Waals surface area contributed by atoms with E-state index in [0.717, 1.165) is 6.42 Å². The predicted octanol–water partition coefficient (Wildman–Crippen LogP) is 1.11. The van der Waals surface area contributed by atoms with E-state index in [4.69, 9.17) is 9.47 Å². The normalized spacial score (nSPS) is 38.0. The van der Waals surface area contributed by atoms with Crippen molar-refractivity contribution in [3.63, 3.8) is 0 Å². The summed E-state index contributed by atoms with van der Waals surface area (Å²) in [5, 5.41) is 19.4. The van der Waals surface area contributed by atoms with E-state index in [-0.39, 0.29) is 12.0 Å². The zero-order valence-corrected chi connectivity index (χ0v) is 10.0. The highest BCUT2D eigenvalue weighted by Crippen LogP contribution is 2.40. The molecule has 4 nitrogen and oxygen atoms in total. The second-order valence-electron chi connectivity index (χ2n) is 5.42. The Kier molecular flexibility index (Phi) is 3.45. The standard InChI is InChI=1S/C11H22O4/c1-5-10(6-12)7-14-11(13,15-8-10)9(2,3)4/h12-13H,5-8H2,1-4H3. The molecule has 0 saturated carbocycles. The van der Waals surface area contributed by atoms with Gasteiger partial charge in [-0.05, 0) is 6.42 Å². The summed E-state index contributed by atoms with van der Waals surface area (Å²) in [6.07, 6.45) is 0.768. The number of rotatable bonds is 2. The topological polar surface area (TPSA) is 58.9 Å². The molecule has 1 saturated heterocycles. The monoisotopic (exact) mass is 218 g/mol. The van der Waals surface area contributed by atoms with Crippen molar-refractivity contribution in [1.29, 1.82) is 0 Å². The molecule has 1 aliphatic rings. The molecule has 0 spiro atoms. The minimum Gasteiger partial charge on any atom is -0.396 e. The summed E-state index contributed by atoms with van der Waals surface area (Å²) >= 11 is 0. The highest BCUT2D eigenvalue weighted by Gasteiger charge is 2.49. The van der Waals surface area contributed by atoms with Gasteiger partial charge in [0.25, 0.3) is 5.97 Å². The Morgan fingerprint density at radius 2 is 1.67 bits per heavy atom. The van der Waals surface area contributed by atoms with Crippen molar-refractivity contribution in [1.82, 2.24) is 0 Å². The molecule has 0 aliphatic carbocycles. The summed E-state index contributed by atoms with van der Waals surface area (Å²) in [7, 11) is 0. The van der Waals surface area contributed by atoms with Gasteiger partial charge in [-0.2, -0.15) is 0 Å². The maximum atomic E-state index is 10.1. The third-order valence-corrected chi connectivity index (χ3v) is 3.18. The first-order valence-electron chi connectivity index (χ1n) is 5.40. The van der Waals surface area contributed by atoms with Gasteiger partial charge in [-0.25, -0.2) is 0 Å². The van der Waals surface area contributed by atoms with E-state index in [9.17, 15) is 10.2 Å². The van der Waals surface area contributed by atoms with Gasteiger partial charge in [0.2, 0.25) is 0 Å². The van der Waals surface area contributed by atoms with Crippen LogP contribution in [0.5, 0.6) is 0 Å². The fourth-order valence-corrected chi connectivity index (χ4v) is 1.43. The predicted molar refractivity (Wildman–Crippen MR) is 56.1 cm³/mol. The van der Waals surface area contributed by atoms with Crippen LogP contribution in [0, 0.1) is 10.8 Å². The van der Waals surface area contributed by atoms with Gasteiger partial charge < -0.3 is 19.7 Å². The number of hydrogen-bond donors (Lipinski definition) is 2. The first-order chi connectivity index (χ1) is 6.79. The number of aliphatic hydroxyl groups excluding tert-OH is 1.